The van der Waals surface area contributed by atoms with Crippen molar-refractivity contribution in [2.75, 3.05) is 25.1 Å². The molecule has 0 aromatic heterocycles. The molecule has 1 unspecified atom stereocenters. The van der Waals surface area contributed by atoms with Gasteiger partial charge in [0.15, 0.2) is 0 Å². The highest BCUT2D eigenvalue weighted by atomic mass is 16.5. The molecule has 0 amide bonds. The summed E-state index contributed by atoms with van der Waals surface area (Å²) < 4.78 is 5.45. The van der Waals surface area contributed by atoms with E-state index in [4.69, 9.17) is 10.5 Å². The Kier molecular flexibility index (Phi) is 4.89. The summed E-state index contributed by atoms with van der Waals surface area (Å²) in [7, 11) is 1.69. The minimum absolute atomic E-state index is 0.0596. The molecule has 112 valence electrons. The van der Waals surface area contributed by atoms with Gasteiger partial charge in [0.2, 0.25) is 0 Å². The Hall–Kier alpha value is -1.26. The van der Waals surface area contributed by atoms with Gasteiger partial charge in [-0.2, -0.15) is 0 Å². The van der Waals surface area contributed by atoms with E-state index in [-0.39, 0.29) is 12.1 Å². The van der Waals surface area contributed by atoms with E-state index in [0.29, 0.717) is 5.92 Å². The van der Waals surface area contributed by atoms with E-state index in [0.717, 1.165) is 37.2 Å². The van der Waals surface area contributed by atoms with Gasteiger partial charge in [0.1, 0.15) is 5.75 Å². The molecule has 1 aromatic carbocycles. The highest BCUT2D eigenvalue weighted by molar-refractivity contribution is 5.61. The van der Waals surface area contributed by atoms with Crippen molar-refractivity contribution in [1.29, 1.82) is 0 Å². The van der Waals surface area contributed by atoms with Gasteiger partial charge in [-0.05, 0) is 44.7 Å². The van der Waals surface area contributed by atoms with Crippen LogP contribution >= 0.6 is 0 Å². The molecule has 0 saturated carbocycles. The van der Waals surface area contributed by atoms with E-state index in [9.17, 15) is 5.11 Å². The van der Waals surface area contributed by atoms with Crippen molar-refractivity contribution in [3.8, 4) is 5.75 Å². The van der Waals surface area contributed by atoms with E-state index in [1.807, 2.05) is 26.0 Å². The van der Waals surface area contributed by atoms with Gasteiger partial charge in [-0.3, -0.25) is 0 Å². The molecule has 1 aliphatic heterocycles. The van der Waals surface area contributed by atoms with Gasteiger partial charge in [0, 0.05) is 30.4 Å². The topological polar surface area (TPSA) is 58.7 Å². The lowest BCUT2D eigenvalue weighted by Crippen LogP contribution is -2.37. The van der Waals surface area contributed by atoms with Crippen LogP contribution in [0.25, 0.3) is 0 Å². The summed E-state index contributed by atoms with van der Waals surface area (Å²) >= 11 is 0. The number of hydrogen-bond acceptors (Lipinski definition) is 4. The smallest absolute Gasteiger partial charge is 0.125 e. The molecular weight excluding hydrogens is 252 g/mol. The number of nitrogens with two attached hydrogens (primary N) is 1. The van der Waals surface area contributed by atoms with Crippen LogP contribution in [0.3, 0.4) is 0 Å². The Labute approximate surface area is 121 Å². The maximum Gasteiger partial charge on any atom is 0.125 e. The second-order valence-electron chi connectivity index (χ2n) is 5.75. The number of anilines is 1. The summed E-state index contributed by atoms with van der Waals surface area (Å²) in [5.74, 6) is 1.27. The second-order valence-corrected chi connectivity index (χ2v) is 5.75. The number of rotatable bonds is 4. The largest absolute Gasteiger partial charge is 0.496 e. The van der Waals surface area contributed by atoms with Crippen molar-refractivity contribution in [2.24, 2.45) is 11.7 Å². The molecule has 1 heterocycles. The summed E-state index contributed by atoms with van der Waals surface area (Å²) in [4.78, 5) is 2.36. The highest BCUT2D eigenvalue weighted by Gasteiger charge is 2.25. The lowest BCUT2D eigenvalue weighted by Gasteiger charge is -2.36. The number of piperidine rings is 1. The zero-order chi connectivity index (χ0) is 14.7. The first kappa shape index (κ1) is 15.1. The fourth-order valence-corrected chi connectivity index (χ4v) is 3.07. The van der Waals surface area contributed by atoms with Crippen LogP contribution in [0.15, 0.2) is 18.2 Å². The Bertz CT molecular complexity index is 438. The van der Waals surface area contributed by atoms with E-state index in [2.05, 4.69) is 11.0 Å². The number of methoxy groups -OCH3 is 1. The van der Waals surface area contributed by atoms with Crippen LogP contribution < -0.4 is 15.4 Å². The first-order valence-electron chi connectivity index (χ1n) is 7.40. The van der Waals surface area contributed by atoms with Gasteiger partial charge in [-0.25, -0.2) is 0 Å². The maximum atomic E-state index is 9.70. The number of benzene rings is 1. The molecule has 0 spiro atoms. The Morgan fingerprint density at radius 3 is 2.45 bits per heavy atom. The van der Waals surface area contributed by atoms with Crippen LogP contribution in [0.2, 0.25) is 0 Å². The Balaban J connectivity index is 2.21. The molecule has 4 nitrogen and oxygen atoms in total. The second kappa shape index (κ2) is 6.46. The molecule has 0 radical (unpaired) electrons. The fourth-order valence-electron chi connectivity index (χ4n) is 3.07. The standard InChI is InChI=1S/C16H26N2O2/c1-11(17)16-14(5-4-6-15(16)20-3)18-9-7-13(8-10-18)12(2)19/h4-6,11-13,19H,7-10,17H2,1-3H3/t11-,12?/m0/s1. The maximum absolute atomic E-state index is 9.70. The monoisotopic (exact) mass is 278 g/mol. The number of aliphatic hydroxyl groups excluding tert-OH is 1. The van der Waals surface area contributed by atoms with Gasteiger partial charge in [-0.1, -0.05) is 6.07 Å². The number of aliphatic hydroxyl groups is 1. The van der Waals surface area contributed by atoms with Gasteiger partial charge in [-0.15, -0.1) is 0 Å². The normalized spacial score (nSPS) is 19.8. The molecule has 4 heteroatoms. The van der Waals surface area contributed by atoms with E-state index < -0.39 is 0 Å². The lowest BCUT2D eigenvalue weighted by molar-refractivity contribution is 0.110. The summed E-state index contributed by atoms with van der Waals surface area (Å²) in [5.41, 5.74) is 8.37. The molecule has 20 heavy (non-hydrogen) atoms. The molecule has 1 saturated heterocycles. The van der Waals surface area contributed by atoms with Crippen LogP contribution in [0.5, 0.6) is 5.75 Å². The SMILES string of the molecule is COc1cccc(N2CCC(C(C)O)CC2)c1[C@H](C)N. The molecule has 3 N–H and O–H groups in total. The third-order valence-electron chi connectivity index (χ3n) is 4.28. The first-order valence-corrected chi connectivity index (χ1v) is 7.40. The molecule has 2 atom stereocenters. The number of hydrogen-bond donors (Lipinski definition) is 2. The van der Waals surface area contributed by atoms with Crippen molar-refractivity contribution in [3.63, 3.8) is 0 Å². The van der Waals surface area contributed by atoms with Crippen molar-refractivity contribution in [3.05, 3.63) is 23.8 Å². The van der Waals surface area contributed by atoms with Crippen LogP contribution in [-0.2, 0) is 0 Å². The lowest BCUT2D eigenvalue weighted by atomic mass is 9.91. The first-order chi connectivity index (χ1) is 9.54. The summed E-state index contributed by atoms with van der Waals surface area (Å²) in [6.07, 6.45) is 1.83. The predicted molar refractivity (Wildman–Crippen MR) is 82.2 cm³/mol. The van der Waals surface area contributed by atoms with Crippen molar-refractivity contribution >= 4 is 5.69 Å². The Morgan fingerprint density at radius 2 is 1.95 bits per heavy atom. The van der Waals surface area contributed by atoms with Gasteiger partial charge < -0.3 is 20.5 Å². The zero-order valence-corrected chi connectivity index (χ0v) is 12.7. The van der Waals surface area contributed by atoms with Crippen LogP contribution in [-0.4, -0.2) is 31.4 Å². The fraction of sp³-hybridized carbons (Fsp3) is 0.625. The molecular formula is C16H26N2O2. The Morgan fingerprint density at radius 1 is 1.30 bits per heavy atom. The van der Waals surface area contributed by atoms with Crippen molar-refractivity contribution in [1.82, 2.24) is 0 Å². The minimum Gasteiger partial charge on any atom is -0.496 e. The highest BCUT2D eigenvalue weighted by Crippen LogP contribution is 2.35. The zero-order valence-electron chi connectivity index (χ0n) is 12.7. The van der Waals surface area contributed by atoms with Gasteiger partial charge in [0.25, 0.3) is 0 Å². The van der Waals surface area contributed by atoms with E-state index >= 15 is 0 Å². The molecule has 1 fully saturated rings. The van der Waals surface area contributed by atoms with Crippen LogP contribution in [0.4, 0.5) is 5.69 Å². The molecule has 1 aliphatic rings. The quantitative estimate of drug-likeness (QED) is 0.887. The average Bonchev–Trinajstić information content (AvgIpc) is 2.46. The molecule has 0 aliphatic carbocycles. The predicted octanol–water partition coefficient (Wildman–Crippen LogP) is 2.31. The number of nitrogens with zero attached hydrogens (tertiary/aromatic N) is 1. The van der Waals surface area contributed by atoms with Gasteiger partial charge >= 0.3 is 0 Å². The summed E-state index contributed by atoms with van der Waals surface area (Å²) in [6, 6.07) is 6.03. The van der Waals surface area contributed by atoms with Crippen LogP contribution in [0, 0.1) is 5.92 Å². The summed E-state index contributed by atoms with van der Waals surface area (Å²) in [6.45, 7) is 5.80. The van der Waals surface area contributed by atoms with Crippen molar-refractivity contribution < 1.29 is 9.84 Å². The average molecular weight is 278 g/mol. The minimum atomic E-state index is -0.213. The molecule has 2 rings (SSSR count). The van der Waals surface area contributed by atoms with Gasteiger partial charge in [0.05, 0.1) is 13.2 Å². The molecule has 1 aromatic rings. The van der Waals surface area contributed by atoms with Crippen LogP contribution in [0.1, 0.15) is 38.3 Å². The third kappa shape index (κ3) is 3.07. The van der Waals surface area contributed by atoms with E-state index in [1.54, 1.807) is 7.11 Å². The summed E-state index contributed by atoms with van der Waals surface area (Å²) in [5, 5.41) is 9.70. The third-order valence-corrected chi connectivity index (χ3v) is 4.28. The number of ether oxygens (including phenoxy) is 1. The van der Waals surface area contributed by atoms with E-state index in [1.165, 1.54) is 5.69 Å². The molecule has 0 bridgehead atoms. The van der Waals surface area contributed by atoms with Crippen molar-refractivity contribution in [2.45, 2.75) is 38.8 Å².